The summed E-state index contributed by atoms with van der Waals surface area (Å²) in [7, 11) is 0. The summed E-state index contributed by atoms with van der Waals surface area (Å²) in [6.45, 7) is 9.33. The van der Waals surface area contributed by atoms with E-state index in [9.17, 15) is 0 Å². The van der Waals surface area contributed by atoms with E-state index in [4.69, 9.17) is 0 Å². The molecule has 0 amide bonds. The second-order valence-electron chi connectivity index (χ2n) is 5.52. The molecule has 0 aromatic carbocycles. The molecule has 0 radical (unpaired) electrons. The predicted molar refractivity (Wildman–Crippen MR) is 71.2 cm³/mol. The number of allylic oxidation sites excluding steroid dienone is 8. The van der Waals surface area contributed by atoms with Gasteiger partial charge in [0.15, 0.2) is 0 Å². The summed E-state index contributed by atoms with van der Waals surface area (Å²) in [6, 6.07) is 0. The third-order valence-corrected chi connectivity index (χ3v) is 9.19. The molecule has 2 aliphatic carbocycles. The molecule has 0 bridgehead atoms. The topological polar surface area (TPSA) is 0 Å². The molecular weight excluding hydrogens is 371 g/mol. The Kier molecular flexibility index (Phi) is 4.41. The quantitative estimate of drug-likeness (QED) is 0.602. The van der Waals surface area contributed by atoms with Gasteiger partial charge in [-0.25, -0.2) is 0 Å². The first-order valence-electron chi connectivity index (χ1n) is 6.65. The van der Waals surface area contributed by atoms with Gasteiger partial charge in [-0.2, -0.15) is 0 Å². The number of hydrogen-bond donors (Lipinski definition) is 0. The van der Waals surface area contributed by atoms with Crippen molar-refractivity contribution in [3.8, 4) is 0 Å². The van der Waals surface area contributed by atoms with Gasteiger partial charge in [0.1, 0.15) is 0 Å². The van der Waals surface area contributed by atoms with Crippen molar-refractivity contribution in [3.63, 3.8) is 0 Å². The van der Waals surface area contributed by atoms with Crippen LogP contribution < -0.4 is 0 Å². The molecule has 0 aliphatic heterocycles. The number of hydrogen-bond acceptors (Lipinski definition) is 0. The van der Waals surface area contributed by atoms with Gasteiger partial charge >= 0.3 is 117 Å². The summed E-state index contributed by atoms with van der Waals surface area (Å²) in [5.41, 5.74) is 3.33. The Balaban J connectivity index is 2.18. The Morgan fingerprint density at radius 2 is 1.24 bits per heavy atom. The summed E-state index contributed by atoms with van der Waals surface area (Å²) in [4.78, 5) is 0. The van der Waals surface area contributed by atoms with Crippen LogP contribution in [0.5, 0.6) is 0 Å². The van der Waals surface area contributed by atoms with E-state index in [-0.39, 0.29) is 0 Å². The van der Waals surface area contributed by atoms with Crippen molar-refractivity contribution >= 4 is 0 Å². The van der Waals surface area contributed by atoms with Crippen LogP contribution in [0.15, 0.2) is 42.1 Å². The van der Waals surface area contributed by atoms with Crippen LogP contribution in [0.4, 0.5) is 0 Å². The summed E-state index contributed by atoms with van der Waals surface area (Å²) < 4.78 is 3.69. The molecule has 2 aliphatic rings. The Morgan fingerprint density at radius 3 is 1.59 bits per heavy atom. The van der Waals surface area contributed by atoms with E-state index in [1.54, 1.807) is 11.1 Å². The van der Waals surface area contributed by atoms with Crippen LogP contribution in [0.25, 0.3) is 0 Å². The van der Waals surface area contributed by atoms with Crippen molar-refractivity contribution in [2.45, 2.75) is 40.5 Å². The second kappa shape index (κ2) is 5.65. The van der Waals surface area contributed by atoms with Gasteiger partial charge in [0.2, 0.25) is 0 Å². The van der Waals surface area contributed by atoms with E-state index in [0.717, 1.165) is 0 Å². The molecule has 0 saturated heterocycles. The zero-order valence-electron chi connectivity index (χ0n) is 11.4. The van der Waals surface area contributed by atoms with Gasteiger partial charge in [0.05, 0.1) is 0 Å². The summed E-state index contributed by atoms with van der Waals surface area (Å²) >= 11 is -0.733. The third-order valence-electron chi connectivity index (χ3n) is 3.48. The van der Waals surface area contributed by atoms with Crippen LogP contribution in [0.2, 0.25) is 0 Å². The maximum atomic E-state index is 2.38. The van der Waals surface area contributed by atoms with Crippen molar-refractivity contribution in [1.82, 2.24) is 0 Å². The molecule has 0 saturated carbocycles. The van der Waals surface area contributed by atoms with E-state index >= 15 is 0 Å². The van der Waals surface area contributed by atoms with Gasteiger partial charge in [-0.1, -0.05) is 0 Å². The molecule has 0 fully saturated rings. The maximum absolute atomic E-state index is 2.38. The van der Waals surface area contributed by atoms with Gasteiger partial charge in [-0.3, -0.25) is 0 Å². The second-order valence-corrected chi connectivity index (χ2v) is 10.8. The molecule has 2 rings (SSSR count). The standard InChI is InChI=1S/2C8H11.Hf/c2*1-7(2)8-5-3-4-6-8;/h2*3,5,7H,4H2,1-2H3;. The molecule has 90 valence electrons. The molecular formula is C16H22Hf. The molecule has 1 heteroatoms. The minimum atomic E-state index is -0.733. The zero-order valence-corrected chi connectivity index (χ0v) is 15.0. The number of rotatable bonds is 4. The summed E-state index contributed by atoms with van der Waals surface area (Å²) in [5, 5.41) is 0. The Labute approximate surface area is 117 Å². The monoisotopic (exact) mass is 394 g/mol. The molecule has 0 spiro atoms. The van der Waals surface area contributed by atoms with Gasteiger partial charge in [-0.05, 0) is 0 Å². The van der Waals surface area contributed by atoms with E-state index in [1.807, 2.05) is 6.66 Å². The van der Waals surface area contributed by atoms with Crippen LogP contribution in [0, 0.1) is 11.8 Å². The molecule has 0 aromatic rings. The van der Waals surface area contributed by atoms with Crippen molar-refractivity contribution in [1.29, 1.82) is 0 Å². The van der Waals surface area contributed by atoms with E-state index < -0.39 is 22.9 Å². The fraction of sp³-hybridized carbons (Fsp3) is 0.500. The van der Waals surface area contributed by atoms with Crippen molar-refractivity contribution in [2.24, 2.45) is 11.8 Å². The van der Waals surface area contributed by atoms with Crippen LogP contribution >= 0.6 is 0 Å². The average molecular weight is 393 g/mol. The predicted octanol–water partition coefficient (Wildman–Crippen LogP) is 4.81. The summed E-state index contributed by atoms with van der Waals surface area (Å²) in [6.07, 6.45) is 12.0. The summed E-state index contributed by atoms with van der Waals surface area (Å²) in [5.74, 6) is 1.43. The molecule has 0 aromatic heterocycles. The van der Waals surface area contributed by atoms with Crippen LogP contribution in [-0.2, 0) is 22.9 Å². The minimum absolute atomic E-state index is 0.716. The van der Waals surface area contributed by atoms with Crippen LogP contribution in [0.1, 0.15) is 40.5 Å². The van der Waals surface area contributed by atoms with Gasteiger partial charge < -0.3 is 0 Å². The first-order chi connectivity index (χ1) is 8.09. The fourth-order valence-electron chi connectivity index (χ4n) is 2.55. The molecule has 0 N–H and O–H groups in total. The van der Waals surface area contributed by atoms with Gasteiger partial charge in [0.25, 0.3) is 0 Å². The SMILES string of the molecule is CC(C)C1=[C]([Hf][C]2=C(C(C)C)C=CC2)CC=C1. The Hall–Kier alpha value is -0.170. The Bertz CT molecular complexity index is 377. The van der Waals surface area contributed by atoms with E-state index in [1.165, 1.54) is 12.8 Å². The normalized spacial score (nSPS) is 19.4. The molecule has 17 heavy (non-hydrogen) atoms. The van der Waals surface area contributed by atoms with Crippen molar-refractivity contribution in [3.05, 3.63) is 42.1 Å². The van der Waals surface area contributed by atoms with E-state index in [2.05, 4.69) is 52.0 Å². The fourth-order valence-corrected chi connectivity index (χ4v) is 9.15. The van der Waals surface area contributed by atoms with Crippen molar-refractivity contribution < 1.29 is 22.9 Å². The van der Waals surface area contributed by atoms with Crippen molar-refractivity contribution in [2.75, 3.05) is 0 Å². The van der Waals surface area contributed by atoms with Crippen LogP contribution in [0.3, 0.4) is 0 Å². The first kappa shape index (κ1) is 13.3. The van der Waals surface area contributed by atoms with Gasteiger partial charge in [-0.15, -0.1) is 0 Å². The zero-order chi connectivity index (χ0) is 12.4. The Morgan fingerprint density at radius 1 is 0.824 bits per heavy atom. The third kappa shape index (κ3) is 2.99. The molecule has 0 atom stereocenters. The average Bonchev–Trinajstić information content (AvgIpc) is 2.86. The van der Waals surface area contributed by atoms with Crippen LogP contribution in [-0.4, -0.2) is 0 Å². The molecule has 0 nitrogen and oxygen atoms in total. The molecule has 0 unspecified atom stereocenters. The van der Waals surface area contributed by atoms with E-state index in [0.29, 0.717) is 11.8 Å². The first-order valence-corrected chi connectivity index (χ1v) is 10.2. The van der Waals surface area contributed by atoms with Gasteiger partial charge in [0, 0.05) is 0 Å². The molecule has 0 heterocycles.